The number of aliphatic hydroxyl groups excluding tert-OH is 1. The van der Waals surface area contributed by atoms with E-state index in [1.807, 2.05) is 48.5 Å². The molecular weight excluding hydrogens is 390 g/mol. The standard InChI is InChI=1S/C25H23N3O3/c29-15-23(27-24(30)18-10-9-16-5-1-2-6-17(16)13-18)25(31)28-12-11-20-19-7-3-4-8-21(19)26-22(20)14-28/h1-10,13,23,26,29H,11-12,14-15H2,(H,27,30)/t23-/m0/s1. The Kier molecular flexibility index (Phi) is 4.92. The molecule has 6 nitrogen and oxygen atoms in total. The molecule has 156 valence electrons. The van der Waals surface area contributed by atoms with E-state index >= 15 is 0 Å². The molecule has 2 amide bonds. The maximum atomic E-state index is 13.1. The van der Waals surface area contributed by atoms with E-state index in [1.54, 1.807) is 17.0 Å². The number of fused-ring (bicyclic) bond motifs is 4. The molecule has 31 heavy (non-hydrogen) atoms. The predicted molar refractivity (Wildman–Crippen MR) is 120 cm³/mol. The van der Waals surface area contributed by atoms with Crippen molar-refractivity contribution in [3.8, 4) is 0 Å². The van der Waals surface area contributed by atoms with Crippen molar-refractivity contribution in [2.45, 2.75) is 19.0 Å². The van der Waals surface area contributed by atoms with E-state index in [2.05, 4.69) is 16.4 Å². The van der Waals surface area contributed by atoms with Crippen LogP contribution in [0.2, 0.25) is 0 Å². The van der Waals surface area contributed by atoms with Crippen LogP contribution in [0, 0.1) is 0 Å². The first-order valence-electron chi connectivity index (χ1n) is 10.4. The summed E-state index contributed by atoms with van der Waals surface area (Å²) in [4.78, 5) is 30.9. The first-order valence-corrected chi connectivity index (χ1v) is 10.4. The Bertz CT molecular complexity index is 1290. The number of carbonyl (C=O) groups is 2. The molecule has 1 aliphatic heterocycles. The van der Waals surface area contributed by atoms with Crippen molar-refractivity contribution in [2.75, 3.05) is 13.2 Å². The van der Waals surface area contributed by atoms with Crippen molar-refractivity contribution in [3.05, 3.63) is 83.6 Å². The van der Waals surface area contributed by atoms with Gasteiger partial charge >= 0.3 is 0 Å². The van der Waals surface area contributed by atoms with Gasteiger partial charge in [-0.05, 0) is 41.0 Å². The summed E-state index contributed by atoms with van der Waals surface area (Å²) in [6.45, 7) is 0.537. The molecule has 0 radical (unpaired) electrons. The smallest absolute Gasteiger partial charge is 0.252 e. The minimum Gasteiger partial charge on any atom is -0.394 e. The second-order valence-electron chi connectivity index (χ2n) is 7.91. The number of hydrogen-bond acceptors (Lipinski definition) is 3. The fourth-order valence-electron chi connectivity index (χ4n) is 4.36. The lowest BCUT2D eigenvalue weighted by atomic mass is 10.0. The molecule has 0 fully saturated rings. The first-order chi connectivity index (χ1) is 15.1. The SMILES string of the molecule is O=C(N[C@@H](CO)C(=O)N1CCc2c([nH]c3ccccc23)C1)c1ccc2ccccc2c1. The van der Waals surface area contributed by atoms with Gasteiger partial charge in [0.2, 0.25) is 5.91 Å². The number of hydrogen-bond donors (Lipinski definition) is 3. The molecule has 1 aliphatic rings. The van der Waals surface area contributed by atoms with Crippen molar-refractivity contribution in [3.63, 3.8) is 0 Å². The second kappa shape index (κ2) is 7.89. The van der Waals surface area contributed by atoms with E-state index in [1.165, 1.54) is 10.9 Å². The Hall–Kier alpha value is -3.64. The zero-order valence-electron chi connectivity index (χ0n) is 17.0. The number of carbonyl (C=O) groups excluding carboxylic acids is 2. The van der Waals surface area contributed by atoms with Crippen LogP contribution in [0.4, 0.5) is 0 Å². The van der Waals surface area contributed by atoms with Gasteiger partial charge in [-0.25, -0.2) is 0 Å². The molecule has 3 N–H and O–H groups in total. The molecule has 0 saturated heterocycles. The van der Waals surface area contributed by atoms with Crippen molar-refractivity contribution < 1.29 is 14.7 Å². The van der Waals surface area contributed by atoms with Crippen molar-refractivity contribution in [1.82, 2.24) is 15.2 Å². The van der Waals surface area contributed by atoms with Crippen molar-refractivity contribution >= 4 is 33.5 Å². The highest BCUT2D eigenvalue weighted by atomic mass is 16.3. The number of nitrogens with one attached hydrogen (secondary N) is 2. The lowest BCUT2D eigenvalue weighted by Gasteiger charge is -2.30. The molecule has 0 saturated carbocycles. The van der Waals surface area contributed by atoms with Gasteiger partial charge in [-0.3, -0.25) is 9.59 Å². The molecule has 0 spiro atoms. The van der Waals surface area contributed by atoms with Crippen LogP contribution < -0.4 is 5.32 Å². The van der Waals surface area contributed by atoms with Crippen LogP contribution in [0.1, 0.15) is 21.6 Å². The normalized spacial score (nSPS) is 14.4. The number of para-hydroxylation sites is 1. The van der Waals surface area contributed by atoms with Gasteiger partial charge in [-0.15, -0.1) is 0 Å². The molecule has 0 unspecified atom stereocenters. The maximum Gasteiger partial charge on any atom is 0.252 e. The fraction of sp³-hybridized carbons (Fsp3) is 0.200. The Morgan fingerprint density at radius 1 is 1.03 bits per heavy atom. The summed E-state index contributed by atoms with van der Waals surface area (Å²) in [5.41, 5.74) is 3.77. The van der Waals surface area contributed by atoms with E-state index in [4.69, 9.17) is 0 Å². The van der Waals surface area contributed by atoms with Gasteiger partial charge in [0.25, 0.3) is 5.91 Å². The van der Waals surface area contributed by atoms with E-state index < -0.39 is 12.6 Å². The molecule has 1 aromatic heterocycles. The third-order valence-electron chi connectivity index (χ3n) is 5.99. The average Bonchev–Trinajstić information content (AvgIpc) is 3.19. The summed E-state index contributed by atoms with van der Waals surface area (Å²) in [5, 5.41) is 15.7. The molecule has 2 heterocycles. The van der Waals surface area contributed by atoms with Crippen LogP contribution in [0.5, 0.6) is 0 Å². The summed E-state index contributed by atoms with van der Waals surface area (Å²) in [5.74, 6) is -0.651. The summed E-state index contributed by atoms with van der Waals surface area (Å²) < 4.78 is 0. The average molecular weight is 413 g/mol. The number of benzene rings is 3. The fourth-order valence-corrected chi connectivity index (χ4v) is 4.36. The zero-order valence-corrected chi connectivity index (χ0v) is 17.0. The van der Waals surface area contributed by atoms with E-state index in [0.29, 0.717) is 18.7 Å². The molecule has 0 bridgehead atoms. The highest BCUT2D eigenvalue weighted by molar-refractivity contribution is 6.00. The summed E-state index contributed by atoms with van der Waals surface area (Å²) in [6, 6.07) is 20.3. The second-order valence-corrected chi connectivity index (χ2v) is 7.91. The Labute approximate surface area is 179 Å². The molecule has 5 rings (SSSR count). The van der Waals surface area contributed by atoms with Crippen LogP contribution in [-0.4, -0.2) is 46.0 Å². The maximum absolute atomic E-state index is 13.1. The topological polar surface area (TPSA) is 85.4 Å². The minimum atomic E-state index is -0.982. The number of aliphatic hydroxyl groups is 1. The summed E-state index contributed by atoms with van der Waals surface area (Å²) in [7, 11) is 0. The summed E-state index contributed by atoms with van der Waals surface area (Å²) in [6.07, 6.45) is 0.738. The van der Waals surface area contributed by atoms with Crippen LogP contribution in [-0.2, 0) is 17.8 Å². The summed E-state index contributed by atoms with van der Waals surface area (Å²) >= 11 is 0. The van der Waals surface area contributed by atoms with Crippen molar-refractivity contribution in [2.24, 2.45) is 0 Å². The Balaban J connectivity index is 1.32. The number of aromatic nitrogens is 1. The molecule has 0 aliphatic carbocycles. The quantitative estimate of drug-likeness (QED) is 0.481. The zero-order chi connectivity index (χ0) is 21.4. The lowest BCUT2D eigenvalue weighted by molar-refractivity contribution is -0.135. The van der Waals surface area contributed by atoms with E-state index in [9.17, 15) is 14.7 Å². The highest BCUT2D eigenvalue weighted by Gasteiger charge is 2.29. The minimum absolute atomic E-state index is 0.277. The molecule has 3 aromatic carbocycles. The van der Waals surface area contributed by atoms with Gasteiger partial charge in [-0.2, -0.15) is 0 Å². The number of nitrogens with zero attached hydrogens (tertiary/aromatic N) is 1. The van der Waals surface area contributed by atoms with Crippen molar-refractivity contribution in [1.29, 1.82) is 0 Å². The van der Waals surface area contributed by atoms with Crippen LogP contribution in [0.25, 0.3) is 21.7 Å². The third kappa shape index (κ3) is 3.55. The largest absolute Gasteiger partial charge is 0.394 e. The van der Waals surface area contributed by atoms with E-state index in [-0.39, 0.29) is 11.8 Å². The Morgan fingerprint density at radius 2 is 1.81 bits per heavy atom. The predicted octanol–water partition coefficient (Wildman–Crippen LogP) is 3.00. The lowest BCUT2D eigenvalue weighted by Crippen LogP contribution is -2.51. The third-order valence-corrected chi connectivity index (χ3v) is 5.99. The van der Waals surface area contributed by atoms with Gasteiger partial charge in [0.1, 0.15) is 6.04 Å². The highest BCUT2D eigenvalue weighted by Crippen LogP contribution is 2.27. The number of H-pyrrole nitrogens is 1. The van der Waals surface area contributed by atoms with Crippen LogP contribution >= 0.6 is 0 Å². The number of aromatic amines is 1. The number of rotatable bonds is 4. The first kappa shape index (κ1) is 19.3. The molecule has 4 aromatic rings. The van der Waals surface area contributed by atoms with Gasteiger partial charge in [-0.1, -0.05) is 48.5 Å². The molecular formula is C25H23N3O3. The van der Waals surface area contributed by atoms with Gasteiger partial charge in [0, 0.05) is 28.7 Å². The van der Waals surface area contributed by atoms with E-state index in [0.717, 1.165) is 28.4 Å². The number of amides is 2. The van der Waals surface area contributed by atoms with Gasteiger partial charge < -0.3 is 20.3 Å². The Morgan fingerprint density at radius 3 is 2.65 bits per heavy atom. The van der Waals surface area contributed by atoms with Crippen LogP contribution in [0.3, 0.4) is 0 Å². The monoisotopic (exact) mass is 413 g/mol. The van der Waals surface area contributed by atoms with Gasteiger partial charge in [0.15, 0.2) is 0 Å². The molecule has 6 heteroatoms. The van der Waals surface area contributed by atoms with Crippen LogP contribution in [0.15, 0.2) is 66.7 Å². The molecule has 1 atom stereocenters. The van der Waals surface area contributed by atoms with Gasteiger partial charge in [0.05, 0.1) is 13.2 Å².